The van der Waals surface area contributed by atoms with Crippen molar-refractivity contribution in [3.8, 4) is 0 Å². The highest BCUT2D eigenvalue weighted by Gasteiger charge is 2.04. The van der Waals surface area contributed by atoms with Gasteiger partial charge in [-0.05, 0) is 39.5 Å². The molecule has 1 atom stereocenters. The summed E-state index contributed by atoms with van der Waals surface area (Å²) in [6.45, 7) is 5.96. The molecule has 0 spiro atoms. The van der Waals surface area contributed by atoms with E-state index in [1.54, 1.807) is 13.0 Å². The van der Waals surface area contributed by atoms with Gasteiger partial charge < -0.3 is 9.84 Å². The lowest BCUT2D eigenvalue weighted by molar-refractivity contribution is -0.139. The van der Waals surface area contributed by atoms with Crippen molar-refractivity contribution >= 4 is 5.97 Å². The summed E-state index contributed by atoms with van der Waals surface area (Å²) in [4.78, 5) is 11.2. The molecule has 0 radical (unpaired) electrons. The maximum atomic E-state index is 11.2. The molecule has 0 aromatic heterocycles. The van der Waals surface area contributed by atoms with Crippen molar-refractivity contribution in [2.24, 2.45) is 0 Å². The van der Waals surface area contributed by atoms with E-state index in [0.29, 0.717) is 12.2 Å². The summed E-state index contributed by atoms with van der Waals surface area (Å²) in [5.41, 5.74) is 0.642. The van der Waals surface area contributed by atoms with E-state index in [1.165, 1.54) is 0 Å². The maximum absolute atomic E-state index is 11.2. The van der Waals surface area contributed by atoms with Crippen LogP contribution in [0, 0.1) is 0 Å². The van der Waals surface area contributed by atoms with E-state index in [9.17, 15) is 9.90 Å². The van der Waals surface area contributed by atoms with Crippen LogP contribution in [0.4, 0.5) is 0 Å². The number of aliphatic hydroxyl groups is 1. The third-order valence-electron chi connectivity index (χ3n) is 2.39. The summed E-state index contributed by atoms with van der Waals surface area (Å²) in [5, 5.41) is 9.28. The number of carbonyl (C=O) groups excluding carboxylic acids is 1. The Hall–Kier alpha value is -0.830. The van der Waals surface area contributed by atoms with Gasteiger partial charge in [0.25, 0.3) is 0 Å². The molecular formula is C12H22O3. The predicted octanol–water partition coefficient (Wildman–Crippen LogP) is 2.44. The largest absolute Gasteiger partial charge is 0.462 e. The van der Waals surface area contributed by atoms with Gasteiger partial charge in [-0.2, -0.15) is 0 Å². The minimum atomic E-state index is -0.242. The van der Waals surface area contributed by atoms with Gasteiger partial charge in [-0.3, -0.25) is 0 Å². The molecule has 1 unspecified atom stereocenters. The standard InChI is InChI=1S/C12H22O3/c1-4-10(3)12(14)15-9-7-6-8-11(13)5-2/h4,11,13H,5-9H2,1-3H3. The highest BCUT2D eigenvalue weighted by Crippen LogP contribution is 2.05. The van der Waals surface area contributed by atoms with Gasteiger partial charge in [0.1, 0.15) is 0 Å². The quantitative estimate of drug-likeness (QED) is 0.402. The topological polar surface area (TPSA) is 46.5 Å². The van der Waals surface area contributed by atoms with Crippen LogP contribution in [-0.4, -0.2) is 23.8 Å². The SMILES string of the molecule is CC=C(C)C(=O)OCCCCC(O)CC. The van der Waals surface area contributed by atoms with Crippen molar-refractivity contribution < 1.29 is 14.6 Å². The van der Waals surface area contributed by atoms with Gasteiger partial charge in [0.2, 0.25) is 0 Å². The zero-order valence-corrected chi connectivity index (χ0v) is 9.95. The fourth-order valence-corrected chi connectivity index (χ4v) is 1.08. The van der Waals surface area contributed by atoms with Crippen molar-refractivity contribution in [2.75, 3.05) is 6.61 Å². The Labute approximate surface area is 92.1 Å². The van der Waals surface area contributed by atoms with Crippen molar-refractivity contribution in [2.45, 2.75) is 52.6 Å². The van der Waals surface area contributed by atoms with Crippen LogP contribution in [0.2, 0.25) is 0 Å². The third-order valence-corrected chi connectivity index (χ3v) is 2.39. The summed E-state index contributed by atoms with van der Waals surface area (Å²) < 4.78 is 5.02. The average molecular weight is 214 g/mol. The molecule has 0 bridgehead atoms. The number of esters is 1. The van der Waals surface area contributed by atoms with Gasteiger partial charge in [0.05, 0.1) is 12.7 Å². The zero-order chi connectivity index (χ0) is 11.7. The van der Waals surface area contributed by atoms with Crippen molar-refractivity contribution in [1.82, 2.24) is 0 Å². The van der Waals surface area contributed by atoms with Crippen LogP contribution in [-0.2, 0) is 9.53 Å². The zero-order valence-electron chi connectivity index (χ0n) is 9.95. The number of hydrogen-bond acceptors (Lipinski definition) is 3. The molecule has 1 N–H and O–H groups in total. The van der Waals surface area contributed by atoms with E-state index in [0.717, 1.165) is 25.7 Å². The molecule has 3 heteroatoms. The lowest BCUT2D eigenvalue weighted by Gasteiger charge is -2.07. The molecule has 0 amide bonds. The lowest BCUT2D eigenvalue weighted by Crippen LogP contribution is -2.08. The monoisotopic (exact) mass is 214 g/mol. The van der Waals surface area contributed by atoms with E-state index in [4.69, 9.17) is 4.74 Å². The summed E-state index contributed by atoms with van der Waals surface area (Å²) in [6, 6.07) is 0. The number of ether oxygens (including phenoxy) is 1. The highest BCUT2D eigenvalue weighted by molar-refractivity contribution is 5.87. The minimum Gasteiger partial charge on any atom is -0.462 e. The predicted molar refractivity (Wildman–Crippen MR) is 60.5 cm³/mol. The molecule has 0 aliphatic carbocycles. The Bertz CT molecular complexity index is 209. The van der Waals surface area contributed by atoms with Crippen LogP contribution in [0.15, 0.2) is 11.6 Å². The summed E-state index contributed by atoms with van der Waals surface area (Å²) in [6.07, 6.45) is 4.83. The molecule has 0 saturated carbocycles. The highest BCUT2D eigenvalue weighted by atomic mass is 16.5. The molecule has 88 valence electrons. The molecule has 0 saturated heterocycles. The van der Waals surface area contributed by atoms with Crippen LogP contribution in [0.3, 0.4) is 0 Å². The fourth-order valence-electron chi connectivity index (χ4n) is 1.08. The van der Waals surface area contributed by atoms with E-state index in [1.807, 2.05) is 13.8 Å². The molecular weight excluding hydrogens is 192 g/mol. The summed E-state index contributed by atoms with van der Waals surface area (Å²) in [7, 11) is 0. The molecule has 0 heterocycles. The second-order valence-corrected chi connectivity index (χ2v) is 3.67. The molecule has 3 nitrogen and oxygen atoms in total. The van der Waals surface area contributed by atoms with Crippen molar-refractivity contribution in [1.29, 1.82) is 0 Å². The minimum absolute atomic E-state index is 0.210. The number of hydrogen-bond donors (Lipinski definition) is 1. The van der Waals surface area contributed by atoms with Crippen molar-refractivity contribution in [3.63, 3.8) is 0 Å². The van der Waals surface area contributed by atoms with Gasteiger partial charge in [0, 0.05) is 5.57 Å². The summed E-state index contributed by atoms with van der Waals surface area (Å²) >= 11 is 0. The molecule has 0 aliphatic heterocycles. The number of rotatable bonds is 7. The molecule has 0 aromatic carbocycles. The van der Waals surface area contributed by atoms with Crippen LogP contribution in [0.25, 0.3) is 0 Å². The molecule has 0 aromatic rings. The Morgan fingerprint density at radius 1 is 1.47 bits per heavy atom. The van der Waals surface area contributed by atoms with Crippen molar-refractivity contribution in [3.05, 3.63) is 11.6 Å². The second kappa shape index (κ2) is 8.48. The molecule has 0 fully saturated rings. The maximum Gasteiger partial charge on any atom is 0.333 e. The van der Waals surface area contributed by atoms with E-state index in [-0.39, 0.29) is 12.1 Å². The second-order valence-electron chi connectivity index (χ2n) is 3.67. The normalized spacial score (nSPS) is 13.7. The first-order valence-electron chi connectivity index (χ1n) is 5.59. The number of aliphatic hydroxyl groups excluding tert-OH is 1. The number of allylic oxidation sites excluding steroid dienone is 1. The van der Waals surface area contributed by atoms with Crippen LogP contribution in [0.1, 0.15) is 46.5 Å². The average Bonchev–Trinajstić information content (AvgIpc) is 2.26. The molecule has 0 rings (SSSR count). The van der Waals surface area contributed by atoms with Gasteiger partial charge in [-0.25, -0.2) is 4.79 Å². The Morgan fingerprint density at radius 2 is 2.13 bits per heavy atom. The first-order valence-corrected chi connectivity index (χ1v) is 5.59. The number of carbonyl (C=O) groups is 1. The van der Waals surface area contributed by atoms with Gasteiger partial charge in [-0.15, -0.1) is 0 Å². The Kier molecular flexibility index (Phi) is 8.01. The van der Waals surface area contributed by atoms with E-state index >= 15 is 0 Å². The van der Waals surface area contributed by atoms with Gasteiger partial charge in [-0.1, -0.05) is 13.0 Å². The van der Waals surface area contributed by atoms with Crippen LogP contribution >= 0.6 is 0 Å². The first kappa shape index (κ1) is 14.2. The lowest BCUT2D eigenvalue weighted by atomic mass is 10.1. The smallest absolute Gasteiger partial charge is 0.333 e. The van der Waals surface area contributed by atoms with Crippen LogP contribution < -0.4 is 0 Å². The van der Waals surface area contributed by atoms with E-state index in [2.05, 4.69) is 0 Å². The molecule has 0 aliphatic rings. The van der Waals surface area contributed by atoms with Gasteiger partial charge in [0.15, 0.2) is 0 Å². The molecule has 15 heavy (non-hydrogen) atoms. The Balaban J connectivity index is 3.43. The van der Waals surface area contributed by atoms with E-state index < -0.39 is 0 Å². The number of unbranched alkanes of at least 4 members (excludes halogenated alkanes) is 1. The third kappa shape index (κ3) is 7.14. The first-order chi connectivity index (χ1) is 7.11. The summed E-state index contributed by atoms with van der Waals surface area (Å²) in [5.74, 6) is -0.242. The van der Waals surface area contributed by atoms with Gasteiger partial charge >= 0.3 is 5.97 Å². The van der Waals surface area contributed by atoms with Crippen LogP contribution in [0.5, 0.6) is 0 Å². The Morgan fingerprint density at radius 3 is 2.67 bits per heavy atom. The fraction of sp³-hybridized carbons (Fsp3) is 0.750.